The molecule has 4 aliphatic rings. The quantitative estimate of drug-likeness (QED) is 0.113. The average Bonchev–Trinajstić information content (AvgIpc) is 3.84. The summed E-state index contributed by atoms with van der Waals surface area (Å²) in [7, 11) is 1.34. The fraction of sp³-hybridized carbons (Fsp3) is 0.500. The molecule has 278 valence electrons. The molecule has 52 heavy (non-hydrogen) atoms. The molecule has 0 saturated carbocycles. The molecule has 2 aromatic heterocycles. The first-order valence-corrected chi connectivity index (χ1v) is 18.8. The minimum atomic E-state index is -1.01. The lowest BCUT2D eigenvalue weighted by Gasteiger charge is -2.26. The number of hydrogen-bond donors (Lipinski definition) is 5. The van der Waals surface area contributed by atoms with Gasteiger partial charge < -0.3 is 35.2 Å². The fourth-order valence-corrected chi connectivity index (χ4v) is 8.94. The molecule has 5 N–H and O–H groups in total. The van der Waals surface area contributed by atoms with Gasteiger partial charge in [0.2, 0.25) is 0 Å². The van der Waals surface area contributed by atoms with E-state index in [4.69, 9.17) is 9.47 Å². The monoisotopic (exact) mass is 710 g/mol. The Kier molecular flexibility index (Phi) is 10.5. The molecule has 2 saturated heterocycles. The first kappa shape index (κ1) is 37.0. The van der Waals surface area contributed by atoms with Crippen LogP contribution in [0.15, 0.2) is 28.7 Å². The Morgan fingerprint density at radius 2 is 1.60 bits per heavy atom. The second kappa shape index (κ2) is 14.7. The zero-order valence-corrected chi connectivity index (χ0v) is 32.0. The third kappa shape index (κ3) is 6.45. The number of aliphatic hydroxyl groups is 1. The number of hydrogen-bond acceptors (Lipinski definition) is 8. The fourth-order valence-electron chi connectivity index (χ4n) is 8.94. The molecule has 1 unspecified atom stereocenters. The summed E-state index contributed by atoms with van der Waals surface area (Å²) in [4.78, 5) is 46.9. The standard InChI is InChI=1S/C42H54N4O6/c1-10-12-20(3)15-16-52-34(48)14-13-27-22(5)29-17-30-23(6)35(25(8)47)33(44-30)19-28-21(4)26(11-2)32(43-28)18-31-24(7)36-40(46-31)37(39(27)45-29)38(41(36)49)42(50)51-9/h15,17-19,21-22,26-27,38-39,43-46,49H,10-14,16H2,1-9H3/b20-15+,28-19-,29-17-,32-18-/t21-,22+,26-,27+,38-,39?/m1/s1. The number of carbonyl (C=O) groups excluding carboxylic acids is 3. The SMILES string of the molecule is CCC/C(C)=C/COC(=O)CC[C@@H]1C2N/C(=C\c3[nH]c(c(C(C)=O)c3C)/C=C3\N/C(=C\c4[nH]c5c(c4C)=C(O)[C@H](C(=O)OC)C=52)[C@H](CC)[C@H]3C)[C@H]1C. The number of aromatic amines is 2. The number of allylic oxidation sites excluding steroid dienone is 4. The predicted octanol–water partition coefficient (Wildman–Crippen LogP) is 6.08. The van der Waals surface area contributed by atoms with Gasteiger partial charge in [-0.3, -0.25) is 14.4 Å². The number of fused-ring (bicyclic) bond motifs is 8. The molecular formula is C42H54N4O6. The van der Waals surface area contributed by atoms with Crippen LogP contribution in [0.1, 0.15) is 112 Å². The second-order valence-electron chi connectivity index (χ2n) is 15.0. The largest absolute Gasteiger partial charge is 0.510 e. The highest BCUT2D eigenvalue weighted by Crippen LogP contribution is 2.43. The number of H-pyrrole nitrogens is 2. The summed E-state index contributed by atoms with van der Waals surface area (Å²) in [6.45, 7) is 16.4. The third-order valence-electron chi connectivity index (χ3n) is 11.9. The number of Topliss-reactive ketones (excluding diaryl/α,β-unsaturated/α-hetero) is 1. The molecule has 6 rings (SSSR count). The highest BCUT2D eigenvalue weighted by atomic mass is 16.5. The number of esters is 2. The first-order valence-electron chi connectivity index (χ1n) is 18.8. The summed E-state index contributed by atoms with van der Waals surface area (Å²) in [5.41, 5.74) is 9.62. The Balaban J connectivity index is 1.53. The van der Waals surface area contributed by atoms with Crippen molar-refractivity contribution in [2.24, 2.45) is 29.6 Å². The molecule has 1 aliphatic carbocycles. The van der Waals surface area contributed by atoms with E-state index in [1.165, 1.54) is 12.7 Å². The van der Waals surface area contributed by atoms with Crippen molar-refractivity contribution >= 4 is 47.3 Å². The molecule has 6 atom stereocenters. The maximum Gasteiger partial charge on any atom is 0.320 e. The molecule has 0 radical (unpaired) electrons. The molecule has 8 bridgehead atoms. The topological polar surface area (TPSA) is 146 Å². The van der Waals surface area contributed by atoms with E-state index in [1.807, 2.05) is 26.8 Å². The Bertz CT molecular complexity index is 2060. The maximum absolute atomic E-state index is 13.5. The molecule has 10 nitrogen and oxygen atoms in total. The zero-order chi connectivity index (χ0) is 37.6. The van der Waals surface area contributed by atoms with Crippen molar-refractivity contribution in [3.05, 3.63) is 73.1 Å². The summed E-state index contributed by atoms with van der Waals surface area (Å²) in [5.74, 6) is -1.75. The van der Waals surface area contributed by atoms with Gasteiger partial charge in [0.05, 0.1) is 24.2 Å². The summed E-state index contributed by atoms with van der Waals surface area (Å²) in [5, 5.41) is 20.6. The number of aliphatic hydroxyl groups excluding tert-OH is 1. The van der Waals surface area contributed by atoms with Gasteiger partial charge in [0.25, 0.3) is 0 Å². The van der Waals surface area contributed by atoms with Crippen LogP contribution in [-0.4, -0.2) is 52.6 Å². The summed E-state index contributed by atoms with van der Waals surface area (Å²) in [6, 6.07) is -0.429. The maximum atomic E-state index is 13.5. The van der Waals surface area contributed by atoms with E-state index < -0.39 is 17.9 Å². The van der Waals surface area contributed by atoms with E-state index in [9.17, 15) is 19.5 Å². The van der Waals surface area contributed by atoms with E-state index >= 15 is 0 Å². The summed E-state index contributed by atoms with van der Waals surface area (Å²) >= 11 is 0. The summed E-state index contributed by atoms with van der Waals surface area (Å²) in [6.07, 6.45) is 11.8. The van der Waals surface area contributed by atoms with Crippen LogP contribution in [0.5, 0.6) is 0 Å². The number of rotatable bonds is 10. The van der Waals surface area contributed by atoms with E-state index in [1.54, 1.807) is 6.92 Å². The van der Waals surface area contributed by atoms with E-state index in [2.05, 4.69) is 66.5 Å². The van der Waals surface area contributed by atoms with Gasteiger partial charge in [-0.25, -0.2) is 0 Å². The van der Waals surface area contributed by atoms with Crippen LogP contribution in [0, 0.1) is 43.4 Å². The lowest BCUT2D eigenvalue weighted by molar-refractivity contribution is -0.143. The molecule has 0 spiro atoms. The zero-order valence-electron chi connectivity index (χ0n) is 32.0. The highest BCUT2D eigenvalue weighted by Gasteiger charge is 2.47. The minimum Gasteiger partial charge on any atom is -0.510 e. The summed E-state index contributed by atoms with van der Waals surface area (Å²) < 4.78 is 10.9. The van der Waals surface area contributed by atoms with Crippen LogP contribution >= 0.6 is 0 Å². The first-order chi connectivity index (χ1) is 24.8. The Hall–Kier alpha value is -4.73. The van der Waals surface area contributed by atoms with Gasteiger partial charge in [0.15, 0.2) is 5.78 Å². The number of ketones is 1. The van der Waals surface area contributed by atoms with Gasteiger partial charge >= 0.3 is 11.9 Å². The van der Waals surface area contributed by atoms with Gasteiger partial charge in [0, 0.05) is 63.4 Å². The van der Waals surface area contributed by atoms with Crippen LogP contribution < -0.4 is 21.2 Å². The number of carbonyl (C=O) groups is 3. The van der Waals surface area contributed by atoms with Crippen LogP contribution in [0.2, 0.25) is 0 Å². The van der Waals surface area contributed by atoms with Crippen molar-refractivity contribution in [2.75, 3.05) is 13.7 Å². The van der Waals surface area contributed by atoms with Gasteiger partial charge in [-0.2, -0.15) is 0 Å². The predicted molar refractivity (Wildman–Crippen MR) is 204 cm³/mol. The lowest BCUT2D eigenvalue weighted by atomic mass is 9.80. The highest BCUT2D eigenvalue weighted by molar-refractivity contribution is 6.00. The molecule has 0 aromatic carbocycles. The lowest BCUT2D eigenvalue weighted by Crippen LogP contribution is -2.38. The number of nitrogens with one attached hydrogen (secondary N) is 4. The van der Waals surface area contributed by atoms with Gasteiger partial charge in [-0.15, -0.1) is 0 Å². The molecule has 0 amide bonds. The number of ether oxygens (including phenoxy) is 2. The molecule has 5 heterocycles. The molecule has 2 fully saturated rings. The third-order valence-corrected chi connectivity index (χ3v) is 11.9. The average molecular weight is 711 g/mol. The Morgan fingerprint density at radius 1 is 0.904 bits per heavy atom. The molecular weight excluding hydrogens is 656 g/mol. The van der Waals surface area contributed by atoms with Gasteiger partial charge in [-0.05, 0) is 93.9 Å². The number of methoxy groups -OCH3 is 1. The van der Waals surface area contributed by atoms with E-state index in [-0.39, 0.29) is 54.2 Å². The second-order valence-corrected chi connectivity index (χ2v) is 15.0. The smallest absolute Gasteiger partial charge is 0.320 e. The molecule has 10 heteroatoms. The van der Waals surface area contributed by atoms with Gasteiger partial charge in [-0.1, -0.05) is 39.7 Å². The molecule has 2 aromatic rings. The van der Waals surface area contributed by atoms with Crippen molar-refractivity contribution < 1.29 is 29.0 Å². The van der Waals surface area contributed by atoms with Crippen molar-refractivity contribution in [2.45, 2.75) is 93.5 Å². The Morgan fingerprint density at radius 3 is 2.27 bits per heavy atom. The van der Waals surface area contributed by atoms with Gasteiger partial charge in [0.1, 0.15) is 18.3 Å². The van der Waals surface area contributed by atoms with Crippen LogP contribution in [0.25, 0.3) is 29.6 Å². The minimum absolute atomic E-state index is 0.0201. The van der Waals surface area contributed by atoms with Crippen LogP contribution in [-0.2, 0) is 19.1 Å². The van der Waals surface area contributed by atoms with E-state index in [0.29, 0.717) is 28.1 Å². The van der Waals surface area contributed by atoms with E-state index in [0.717, 1.165) is 64.6 Å². The van der Waals surface area contributed by atoms with Crippen LogP contribution in [0.3, 0.4) is 0 Å². The Labute approximate surface area is 306 Å². The van der Waals surface area contributed by atoms with Crippen molar-refractivity contribution in [3.63, 3.8) is 0 Å². The molecule has 3 aliphatic heterocycles. The normalized spacial score (nSPS) is 27.9. The van der Waals surface area contributed by atoms with Crippen molar-refractivity contribution in [3.8, 4) is 0 Å². The van der Waals surface area contributed by atoms with Crippen molar-refractivity contribution in [1.29, 1.82) is 0 Å². The van der Waals surface area contributed by atoms with Crippen molar-refractivity contribution in [1.82, 2.24) is 20.6 Å². The number of aromatic nitrogens is 2. The van der Waals surface area contributed by atoms with Crippen LogP contribution in [0.4, 0.5) is 0 Å².